The summed E-state index contributed by atoms with van der Waals surface area (Å²) >= 11 is 0. The third kappa shape index (κ3) is 3.91. The molecule has 5 nitrogen and oxygen atoms in total. The van der Waals surface area contributed by atoms with Crippen LogP contribution in [0, 0.1) is 0 Å². The molecule has 3 N–H and O–H groups in total. The van der Waals surface area contributed by atoms with Crippen LogP contribution in [0.1, 0.15) is 39.5 Å². The van der Waals surface area contributed by atoms with E-state index >= 15 is 0 Å². The third-order valence-electron chi connectivity index (χ3n) is 4.32. The molecule has 5 heteroatoms. The van der Waals surface area contributed by atoms with Gasteiger partial charge in [-0.05, 0) is 25.9 Å². The number of rotatable bonds is 8. The Kier molecular flexibility index (Phi) is 6.75. The number of nitrogens with zero attached hydrogens (tertiary/aromatic N) is 1. The Morgan fingerprint density at radius 3 is 2.63 bits per heavy atom. The van der Waals surface area contributed by atoms with Gasteiger partial charge in [-0.25, -0.2) is 0 Å². The SMILES string of the molecule is CCN(CC)CCNC1(C(N)=O)CCCCC1OC. The topological polar surface area (TPSA) is 67.6 Å². The Bertz CT molecular complexity index is 282. The van der Waals surface area contributed by atoms with Crippen LogP contribution < -0.4 is 11.1 Å². The van der Waals surface area contributed by atoms with Crippen LogP contribution in [0.5, 0.6) is 0 Å². The van der Waals surface area contributed by atoms with Gasteiger partial charge in [-0.1, -0.05) is 26.7 Å². The molecule has 19 heavy (non-hydrogen) atoms. The summed E-state index contributed by atoms with van der Waals surface area (Å²) in [4.78, 5) is 14.3. The number of carbonyl (C=O) groups excluding carboxylic acids is 1. The first-order chi connectivity index (χ1) is 9.10. The molecule has 0 radical (unpaired) electrons. The van der Waals surface area contributed by atoms with Crippen LogP contribution in [-0.2, 0) is 9.53 Å². The number of primary amides is 1. The minimum atomic E-state index is -0.680. The molecular weight excluding hydrogens is 242 g/mol. The molecule has 1 rings (SSSR count). The van der Waals surface area contributed by atoms with Crippen LogP contribution >= 0.6 is 0 Å². The second kappa shape index (κ2) is 7.82. The molecule has 0 aromatic heterocycles. The van der Waals surface area contributed by atoms with Gasteiger partial charge in [-0.15, -0.1) is 0 Å². The molecule has 0 aromatic carbocycles. The maximum absolute atomic E-state index is 11.9. The lowest BCUT2D eigenvalue weighted by Crippen LogP contribution is -2.65. The van der Waals surface area contributed by atoms with E-state index in [2.05, 4.69) is 24.1 Å². The fourth-order valence-corrected chi connectivity index (χ4v) is 3.01. The molecular formula is C14H29N3O2. The van der Waals surface area contributed by atoms with E-state index in [1.54, 1.807) is 7.11 Å². The summed E-state index contributed by atoms with van der Waals surface area (Å²) < 4.78 is 5.50. The predicted octanol–water partition coefficient (Wildman–Crippen LogP) is 0.731. The average Bonchev–Trinajstić information content (AvgIpc) is 2.43. The fourth-order valence-electron chi connectivity index (χ4n) is 3.01. The largest absolute Gasteiger partial charge is 0.379 e. The second-order valence-electron chi connectivity index (χ2n) is 5.26. The van der Waals surface area contributed by atoms with Gasteiger partial charge in [0.25, 0.3) is 0 Å². The van der Waals surface area contributed by atoms with E-state index in [9.17, 15) is 4.79 Å². The minimum Gasteiger partial charge on any atom is -0.379 e. The lowest BCUT2D eigenvalue weighted by molar-refractivity contribution is -0.133. The molecule has 0 aromatic rings. The number of nitrogens with one attached hydrogen (secondary N) is 1. The zero-order valence-corrected chi connectivity index (χ0v) is 12.6. The highest BCUT2D eigenvalue weighted by Gasteiger charge is 2.45. The van der Waals surface area contributed by atoms with E-state index in [1.165, 1.54) is 0 Å². The molecule has 1 fully saturated rings. The van der Waals surface area contributed by atoms with E-state index in [0.29, 0.717) is 0 Å². The smallest absolute Gasteiger partial charge is 0.240 e. The van der Waals surface area contributed by atoms with E-state index in [0.717, 1.165) is 51.9 Å². The highest BCUT2D eigenvalue weighted by Crippen LogP contribution is 2.30. The summed E-state index contributed by atoms with van der Waals surface area (Å²) in [5.41, 5.74) is 4.97. The Morgan fingerprint density at radius 2 is 2.11 bits per heavy atom. The van der Waals surface area contributed by atoms with E-state index in [4.69, 9.17) is 10.5 Å². The van der Waals surface area contributed by atoms with Gasteiger partial charge < -0.3 is 15.4 Å². The number of likely N-dealkylation sites (N-methyl/N-ethyl adjacent to an activating group) is 1. The molecule has 0 spiro atoms. The summed E-state index contributed by atoms with van der Waals surface area (Å²) in [5, 5.41) is 3.39. The summed E-state index contributed by atoms with van der Waals surface area (Å²) in [5.74, 6) is -0.279. The lowest BCUT2D eigenvalue weighted by Gasteiger charge is -2.41. The Morgan fingerprint density at radius 1 is 1.42 bits per heavy atom. The van der Waals surface area contributed by atoms with Gasteiger partial charge in [0.05, 0.1) is 6.10 Å². The molecule has 0 bridgehead atoms. The van der Waals surface area contributed by atoms with Crippen LogP contribution in [0.25, 0.3) is 0 Å². The van der Waals surface area contributed by atoms with Gasteiger partial charge in [0.15, 0.2) is 0 Å². The highest BCUT2D eigenvalue weighted by molar-refractivity contribution is 5.85. The first-order valence-electron chi connectivity index (χ1n) is 7.40. The Hall–Kier alpha value is -0.650. The van der Waals surface area contributed by atoms with Crippen molar-refractivity contribution in [3.8, 4) is 0 Å². The number of carbonyl (C=O) groups is 1. The van der Waals surface area contributed by atoms with Crippen LogP contribution in [-0.4, -0.2) is 55.7 Å². The predicted molar refractivity (Wildman–Crippen MR) is 77.0 cm³/mol. The van der Waals surface area contributed by atoms with Crippen molar-refractivity contribution in [2.75, 3.05) is 33.3 Å². The molecule has 2 unspecified atom stereocenters. The van der Waals surface area contributed by atoms with Crippen LogP contribution in [0.3, 0.4) is 0 Å². The number of hydrogen-bond acceptors (Lipinski definition) is 4. The van der Waals surface area contributed by atoms with Gasteiger partial charge in [-0.2, -0.15) is 0 Å². The second-order valence-corrected chi connectivity index (χ2v) is 5.26. The first-order valence-corrected chi connectivity index (χ1v) is 7.40. The van der Waals surface area contributed by atoms with Gasteiger partial charge in [0.1, 0.15) is 5.54 Å². The van der Waals surface area contributed by atoms with Gasteiger partial charge in [-0.3, -0.25) is 10.1 Å². The number of ether oxygens (including phenoxy) is 1. The molecule has 0 saturated heterocycles. The molecule has 1 amide bonds. The molecule has 0 aliphatic heterocycles. The molecule has 1 aliphatic carbocycles. The number of methoxy groups -OCH3 is 1. The number of amides is 1. The average molecular weight is 271 g/mol. The van der Waals surface area contributed by atoms with E-state index < -0.39 is 5.54 Å². The third-order valence-corrected chi connectivity index (χ3v) is 4.32. The molecule has 112 valence electrons. The minimum absolute atomic E-state index is 0.101. The zero-order chi connectivity index (χ0) is 14.3. The maximum Gasteiger partial charge on any atom is 0.240 e. The van der Waals surface area contributed by atoms with Crippen molar-refractivity contribution in [3.63, 3.8) is 0 Å². The Balaban J connectivity index is 2.63. The summed E-state index contributed by atoms with van der Waals surface area (Å²) in [6, 6.07) is 0. The van der Waals surface area contributed by atoms with Crippen molar-refractivity contribution in [2.45, 2.75) is 51.2 Å². The fraction of sp³-hybridized carbons (Fsp3) is 0.929. The van der Waals surface area contributed by atoms with Gasteiger partial charge in [0.2, 0.25) is 5.91 Å². The number of hydrogen-bond donors (Lipinski definition) is 2. The van der Waals surface area contributed by atoms with Crippen molar-refractivity contribution >= 4 is 5.91 Å². The first kappa shape index (κ1) is 16.4. The van der Waals surface area contributed by atoms with Crippen LogP contribution in [0.4, 0.5) is 0 Å². The van der Waals surface area contributed by atoms with Gasteiger partial charge in [0, 0.05) is 20.2 Å². The van der Waals surface area contributed by atoms with Gasteiger partial charge >= 0.3 is 0 Å². The summed E-state index contributed by atoms with van der Waals surface area (Å²) in [6.45, 7) is 8.03. The van der Waals surface area contributed by atoms with Crippen LogP contribution in [0.2, 0.25) is 0 Å². The summed E-state index contributed by atoms with van der Waals surface area (Å²) in [7, 11) is 1.67. The standard InChI is InChI=1S/C14H29N3O2/c1-4-17(5-2)11-10-16-14(13(15)18)9-7-6-8-12(14)19-3/h12,16H,4-11H2,1-3H3,(H2,15,18). The van der Waals surface area contributed by atoms with E-state index in [-0.39, 0.29) is 12.0 Å². The highest BCUT2D eigenvalue weighted by atomic mass is 16.5. The lowest BCUT2D eigenvalue weighted by atomic mass is 9.78. The maximum atomic E-state index is 11.9. The quantitative estimate of drug-likeness (QED) is 0.683. The van der Waals surface area contributed by atoms with Crippen molar-refractivity contribution < 1.29 is 9.53 Å². The molecule has 2 atom stereocenters. The number of nitrogens with two attached hydrogens (primary N) is 1. The van der Waals surface area contributed by atoms with Crippen molar-refractivity contribution in [1.82, 2.24) is 10.2 Å². The summed E-state index contributed by atoms with van der Waals surface area (Å²) in [6.07, 6.45) is 3.71. The molecule has 1 saturated carbocycles. The van der Waals surface area contributed by atoms with E-state index in [1.807, 2.05) is 0 Å². The zero-order valence-electron chi connectivity index (χ0n) is 12.6. The monoisotopic (exact) mass is 271 g/mol. The molecule has 1 aliphatic rings. The normalized spacial score (nSPS) is 27.7. The van der Waals surface area contributed by atoms with Crippen molar-refractivity contribution in [3.05, 3.63) is 0 Å². The Labute approximate surface area is 116 Å². The molecule has 0 heterocycles. The van der Waals surface area contributed by atoms with Crippen LogP contribution in [0.15, 0.2) is 0 Å². The van der Waals surface area contributed by atoms with Crippen molar-refractivity contribution in [2.24, 2.45) is 5.73 Å². The van der Waals surface area contributed by atoms with Crippen molar-refractivity contribution in [1.29, 1.82) is 0 Å².